The average molecular weight is 290 g/mol. The topological polar surface area (TPSA) is 95.6 Å². The Hall–Kier alpha value is -2.44. The highest BCUT2D eigenvalue weighted by molar-refractivity contribution is 5.21. The van der Waals surface area contributed by atoms with E-state index in [1.54, 1.807) is 18.5 Å². The molecular weight excluding hydrogens is 268 g/mol. The molecule has 0 fully saturated rings. The summed E-state index contributed by atoms with van der Waals surface area (Å²) in [6, 6.07) is 3.19. The maximum absolute atomic E-state index is 10.7. The first kappa shape index (κ1) is 16.6. The molecule has 2 aromatic rings. The Balaban J connectivity index is 0.000000211. The number of anilines is 2. The highest BCUT2D eigenvalue weighted by Gasteiger charge is 1.90. The molecule has 114 valence electrons. The molecule has 0 saturated heterocycles. The molecule has 0 unspecified atom stereocenters. The van der Waals surface area contributed by atoms with Crippen molar-refractivity contribution in [3.05, 3.63) is 41.1 Å². The number of H-pyrrole nitrogens is 1. The van der Waals surface area contributed by atoms with Crippen molar-refractivity contribution >= 4 is 11.9 Å². The highest BCUT2D eigenvalue weighted by atomic mass is 16.1. The quantitative estimate of drug-likeness (QED) is 0.752. The van der Waals surface area contributed by atoms with Gasteiger partial charge in [0.25, 0.3) is 5.56 Å². The van der Waals surface area contributed by atoms with Crippen molar-refractivity contribution in [2.24, 2.45) is 0 Å². The van der Waals surface area contributed by atoms with Gasteiger partial charge in [-0.05, 0) is 18.9 Å². The van der Waals surface area contributed by atoms with Crippen LogP contribution < -0.4 is 16.2 Å². The number of rotatable bonds is 6. The number of hydrogen-bond donors (Lipinski definition) is 3. The van der Waals surface area contributed by atoms with Gasteiger partial charge in [0, 0.05) is 37.7 Å². The molecule has 2 rings (SSSR count). The van der Waals surface area contributed by atoms with Gasteiger partial charge in [0.2, 0.25) is 11.9 Å². The van der Waals surface area contributed by atoms with E-state index in [0.717, 1.165) is 25.9 Å². The Kier molecular flexibility index (Phi) is 8.20. The van der Waals surface area contributed by atoms with Crippen LogP contribution in [0.3, 0.4) is 0 Å². The molecule has 21 heavy (non-hydrogen) atoms. The van der Waals surface area contributed by atoms with Crippen LogP contribution in [0.5, 0.6) is 0 Å². The molecule has 0 aliphatic heterocycles. The molecule has 7 heteroatoms. The summed E-state index contributed by atoms with van der Waals surface area (Å²) < 4.78 is 0. The van der Waals surface area contributed by atoms with Gasteiger partial charge in [-0.15, -0.1) is 0 Å². The van der Waals surface area contributed by atoms with Crippen molar-refractivity contribution in [3.63, 3.8) is 0 Å². The summed E-state index contributed by atoms with van der Waals surface area (Å²) in [7, 11) is 0. The van der Waals surface area contributed by atoms with Crippen LogP contribution in [0, 0.1) is 0 Å². The van der Waals surface area contributed by atoms with Crippen LogP contribution in [0.25, 0.3) is 0 Å². The van der Waals surface area contributed by atoms with E-state index in [0.29, 0.717) is 11.9 Å². The van der Waals surface area contributed by atoms with E-state index in [1.807, 2.05) is 6.92 Å². The van der Waals surface area contributed by atoms with E-state index in [9.17, 15) is 4.79 Å². The third-order valence-corrected chi connectivity index (χ3v) is 2.31. The largest absolute Gasteiger partial charge is 0.356 e. The average Bonchev–Trinajstić information content (AvgIpc) is 2.53. The van der Waals surface area contributed by atoms with E-state index < -0.39 is 0 Å². The first-order valence-electron chi connectivity index (χ1n) is 7.06. The van der Waals surface area contributed by atoms with Gasteiger partial charge in [-0.3, -0.25) is 9.78 Å². The zero-order valence-electron chi connectivity index (χ0n) is 12.5. The molecule has 0 bridgehead atoms. The van der Waals surface area contributed by atoms with Crippen molar-refractivity contribution < 1.29 is 0 Å². The molecule has 7 nitrogen and oxygen atoms in total. The van der Waals surface area contributed by atoms with Crippen LogP contribution >= 0.6 is 0 Å². The van der Waals surface area contributed by atoms with E-state index in [4.69, 9.17) is 0 Å². The van der Waals surface area contributed by atoms with Crippen molar-refractivity contribution in [1.82, 2.24) is 19.9 Å². The minimum absolute atomic E-state index is 0.126. The Morgan fingerprint density at radius 3 is 2.29 bits per heavy atom. The Morgan fingerprint density at radius 2 is 1.67 bits per heavy atom. The first-order chi connectivity index (χ1) is 10.3. The third-order valence-electron chi connectivity index (χ3n) is 2.31. The van der Waals surface area contributed by atoms with Crippen LogP contribution in [-0.2, 0) is 0 Å². The molecule has 0 aliphatic rings. The van der Waals surface area contributed by atoms with Crippen LogP contribution in [-0.4, -0.2) is 33.0 Å². The number of hydrogen-bond acceptors (Lipinski definition) is 6. The summed E-state index contributed by atoms with van der Waals surface area (Å²) in [6.45, 7) is 5.92. The summed E-state index contributed by atoms with van der Waals surface area (Å²) in [4.78, 5) is 25.2. The smallest absolute Gasteiger partial charge is 0.252 e. The summed E-state index contributed by atoms with van der Waals surface area (Å²) in [5.74, 6) is 1.25. The fraction of sp³-hybridized carbons (Fsp3) is 0.429. The summed E-state index contributed by atoms with van der Waals surface area (Å²) in [6.07, 6.45) is 7.05. The zero-order chi connectivity index (χ0) is 15.3. The SMILES string of the molecule is CCCNc1nccc(=O)[nH]1.CCCNc1ncccn1. The minimum atomic E-state index is -0.126. The summed E-state index contributed by atoms with van der Waals surface area (Å²) >= 11 is 0. The lowest BCUT2D eigenvalue weighted by Gasteiger charge is -2.00. The third kappa shape index (κ3) is 7.66. The Bertz CT molecular complexity index is 542. The molecule has 0 spiro atoms. The van der Waals surface area contributed by atoms with Gasteiger partial charge in [0.05, 0.1) is 0 Å². The molecule has 0 saturated carbocycles. The molecule has 3 N–H and O–H groups in total. The second-order valence-corrected chi connectivity index (χ2v) is 4.21. The van der Waals surface area contributed by atoms with Gasteiger partial charge >= 0.3 is 0 Å². The van der Waals surface area contributed by atoms with E-state index in [2.05, 4.69) is 37.5 Å². The lowest BCUT2D eigenvalue weighted by molar-refractivity contribution is 0.947. The number of aromatic amines is 1. The molecular formula is C14H22N6O. The van der Waals surface area contributed by atoms with Crippen LogP contribution in [0.2, 0.25) is 0 Å². The van der Waals surface area contributed by atoms with E-state index in [-0.39, 0.29) is 5.56 Å². The fourth-order valence-corrected chi connectivity index (χ4v) is 1.33. The normalized spacial score (nSPS) is 9.43. The predicted molar refractivity (Wildman–Crippen MR) is 84.5 cm³/mol. The lowest BCUT2D eigenvalue weighted by Crippen LogP contribution is -2.11. The van der Waals surface area contributed by atoms with Gasteiger partial charge in [0.1, 0.15) is 0 Å². The van der Waals surface area contributed by atoms with Gasteiger partial charge in [-0.25, -0.2) is 15.0 Å². The predicted octanol–water partition coefficient (Wildman–Crippen LogP) is 1.89. The van der Waals surface area contributed by atoms with E-state index >= 15 is 0 Å². The number of aromatic nitrogens is 4. The minimum Gasteiger partial charge on any atom is -0.356 e. The second-order valence-electron chi connectivity index (χ2n) is 4.21. The second kappa shape index (κ2) is 10.4. The van der Waals surface area contributed by atoms with Crippen molar-refractivity contribution in [3.8, 4) is 0 Å². The Morgan fingerprint density at radius 1 is 1.00 bits per heavy atom. The van der Waals surface area contributed by atoms with Gasteiger partial charge < -0.3 is 10.6 Å². The van der Waals surface area contributed by atoms with Crippen molar-refractivity contribution in [1.29, 1.82) is 0 Å². The molecule has 2 heterocycles. The van der Waals surface area contributed by atoms with Gasteiger partial charge in [-0.1, -0.05) is 13.8 Å². The zero-order valence-corrected chi connectivity index (χ0v) is 12.5. The molecule has 0 atom stereocenters. The number of nitrogens with zero attached hydrogens (tertiary/aromatic N) is 3. The highest BCUT2D eigenvalue weighted by Crippen LogP contribution is 1.92. The number of nitrogens with one attached hydrogen (secondary N) is 3. The van der Waals surface area contributed by atoms with Gasteiger partial charge in [0.15, 0.2) is 0 Å². The lowest BCUT2D eigenvalue weighted by atomic mass is 10.5. The molecule has 0 amide bonds. The Labute approximate surface area is 124 Å². The first-order valence-corrected chi connectivity index (χ1v) is 7.06. The maximum atomic E-state index is 10.7. The fourth-order valence-electron chi connectivity index (χ4n) is 1.33. The van der Waals surface area contributed by atoms with Crippen LogP contribution in [0.1, 0.15) is 26.7 Å². The molecule has 0 radical (unpaired) electrons. The van der Waals surface area contributed by atoms with Gasteiger partial charge in [-0.2, -0.15) is 0 Å². The summed E-state index contributed by atoms with van der Waals surface area (Å²) in [5, 5.41) is 6.04. The summed E-state index contributed by atoms with van der Waals surface area (Å²) in [5.41, 5.74) is -0.126. The van der Waals surface area contributed by atoms with Crippen molar-refractivity contribution in [2.45, 2.75) is 26.7 Å². The van der Waals surface area contributed by atoms with E-state index in [1.165, 1.54) is 12.3 Å². The standard InChI is InChI=1S/C7H11N3O.C7H11N3/c1-2-4-8-7-9-5-3-6(11)10-7;1-2-4-8-7-9-5-3-6-10-7/h3,5H,2,4H2,1H3,(H2,8,9,10,11);3,5-6H,2,4H2,1H3,(H,8,9,10). The van der Waals surface area contributed by atoms with Crippen LogP contribution in [0.15, 0.2) is 35.5 Å². The van der Waals surface area contributed by atoms with Crippen molar-refractivity contribution in [2.75, 3.05) is 23.7 Å². The maximum Gasteiger partial charge on any atom is 0.252 e. The monoisotopic (exact) mass is 290 g/mol. The molecule has 0 aromatic carbocycles. The molecule has 0 aliphatic carbocycles. The molecule has 2 aromatic heterocycles. The van der Waals surface area contributed by atoms with Crippen LogP contribution in [0.4, 0.5) is 11.9 Å².